The standard InChI is InChI=1S/C10H24N2S2/c13-9-7-11-5-3-1-2-4-6-12-8-10-14/h11-14H,1-10H2. The average molecular weight is 236 g/mol. The third-order valence-corrected chi connectivity index (χ3v) is 2.48. The van der Waals surface area contributed by atoms with Crippen LogP contribution in [-0.4, -0.2) is 37.7 Å². The molecule has 0 fully saturated rings. The highest BCUT2D eigenvalue weighted by Crippen LogP contribution is 1.97. The van der Waals surface area contributed by atoms with Crippen molar-refractivity contribution in [2.24, 2.45) is 0 Å². The topological polar surface area (TPSA) is 24.1 Å². The second-order valence-electron chi connectivity index (χ2n) is 3.36. The van der Waals surface area contributed by atoms with E-state index in [1.165, 1.54) is 25.7 Å². The van der Waals surface area contributed by atoms with Crippen LogP contribution in [0.15, 0.2) is 0 Å². The van der Waals surface area contributed by atoms with Gasteiger partial charge >= 0.3 is 0 Å². The van der Waals surface area contributed by atoms with E-state index in [1.54, 1.807) is 0 Å². The van der Waals surface area contributed by atoms with E-state index >= 15 is 0 Å². The predicted octanol–water partition coefficient (Wildman–Crippen LogP) is 1.59. The summed E-state index contributed by atoms with van der Waals surface area (Å²) in [4.78, 5) is 0. The average Bonchev–Trinajstić information content (AvgIpc) is 2.21. The molecule has 4 heteroatoms. The van der Waals surface area contributed by atoms with Gasteiger partial charge < -0.3 is 10.6 Å². The fraction of sp³-hybridized carbons (Fsp3) is 1.00. The maximum absolute atomic E-state index is 4.13. The van der Waals surface area contributed by atoms with Gasteiger partial charge in [-0.1, -0.05) is 12.8 Å². The molecule has 0 aliphatic carbocycles. The molecule has 0 aromatic heterocycles. The Morgan fingerprint density at radius 1 is 0.571 bits per heavy atom. The molecule has 0 aromatic rings. The van der Waals surface area contributed by atoms with Gasteiger partial charge in [-0.2, -0.15) is 25.3 Å². The van der Waals surface area contributed by atoms with Crippen LogP contribution < -0.4 is 10.6 Å². The summed E-state index contributed by atoms with van der Waals surface area (Å²) >= 11 is 8.27. The monoisotopic (exact) mass is 236 g/mol. The van der Waals surface area contributed by atoms with Gasteiger partial charge in [0.2, 0.25) is 0 Å². The first kappa shape index (κ1) is 14.6. The van der Waals surface area contributed by atoms with E-state index in [0.717, 1.165) is 37.7 Å². The van der Waals surface area contributed by atoms with Crippen molar-refractivity contribution >= 4 is 25.3 Å². The lowest BCUT2D eigenvalue weighted by Gasteiger charge is -2.03. The van der Waals surface area contributed by atoms with Gasteiger partial charge in [0, 0.05) is 24.6 Å². The lowest BCUT2D eigenvalue weighted by atomic mass is 10.2. The Kier molecular flexibility index (Phi) is 14.2. The lowest BCUT2D eigenvalue weighted by molar-refractivity contribution is 0.577. The van der Waals surface area contributed by atoms with E-state index in [0.29, 0.717) is 0 Å². The third kappa shape index (κ3) is 12.6. The minimum Gasteiger partial charge on any atom is -0.316 e. The van der Waals surface area contributed by atoms with E-state index in [9.17, 15) is 0 Å². The van der Waals surface area contributed by atoms with Crippen LogP contribution in [-0.2, 0) is 0 Å². The lowest BCUT2D eigenvalue weighted by Crippen LogP contribution is -2.18. The van der Waals surface area contributed by atoms with Crippen molar-refractivity contribution in [2.45, 2.75) is 25.7 Å². The molecule has 0 saturated carbocycles. The number of hydrogen-bond acceptors (Lipinski definition) is 4. The molecule has 0 heterocycles. The molecule has 0 spiro atoms. The van der Waals surface area contributed by atoms with Crippen molar-refractivity contribution in [2.75, 3.05) is 37.7 Å². The zero-order chi connectivity index (χ0) is 10.5. The SMILES string of the molecule is SCCNCCCCCCNCCS. The zero-order valence-electron chi connectivity index (χ0n) is 8.97. The highest BCUT2D eigenvalue weighted by molar-refractivity contribution is 7.80. The summed E-state index contributed by atoms with van der Waals surface area (Å²) in [6, 6.07) is 0. The number of rotatable bonds is 11. The fourth-order valence-corrected chi connectivity index (χ4v) is 1.58. The van der Waals surface area contributed by atoms with Gasteiger partial charge in [-0.05, 0) is 25.9 Å². The second-order valence-corrected chi connectivity index (χ2v) is 4.26. The number of hydrogen-bond donors (Lipinski definition) is 4. The molecule has 0 rings (SSSR count). The van der Waals surface area contributed by atoms with Crippen molar-refractivity contribution < 1.29 is 0 Å². The Hall–Kier alpha value is 0.620. The summed E-state index contributed by atoms with van der Waals surface area (Å²) in [5.74, 6) is 1.88. The van der Waals surface area contributed by atoms with E-state index in [-0.39, 0.29) is 0 Å². The van der Waals surface area contributed by atoms with E-state index < -0.39 is 0 Å². The summed E-state index contributed by atoms with van der Waals surface area (Å²) < 4.78 is 0. The molecule has 0 saturated heterocycles. The van der Waals surface area contributed by atoms with Crippen molar-refractivity contribution in [3.05, 3.63) is 0 Å². The Morgan fingerprint density at radius 2 is 1.00 bits per heavy atom. The molecule has 0 aliphatic rings. The largest absolute Gasteiger partial charge is 0.316 e. The van der Waals surface area contributed by atoms with Crippen molar-refractivity contribution in [1.29, 1.82) is 0 Å². The normalized spacial score (nSPS) is 10.7. The highest BCUT2D eigenvalue weighted by atomic mass is 32.1. The molecule has 0 bridgehead atoms. The van der Waals surface area contributed by atoms with Gasteiger partial charge in [-0.15, -0.1) is 0 Å². The van der Waals surface area contributed by atoms with Crippen LogP contribution in [0.2, 0.25) is 0 Å². The molecular weight excluding hydrogens is 212 g/mol. The summed E-state index contributed by atoms with van der Waals surface area (Å²) in [6.45, 7) is 4.36. The first-order chi connectivity index (χ1) is 6.91. The van der Waals surface area contributed by atoms with Crippen LogP contribution in [0, 0.1) is 0 Å². The molecular formula is C10H24N2S2. The Labute approximate surface area is 99.4 Å². The van der Waals surface area contributed by atoms with Gasteiger partial charge in [0.15, 0.2) is 0 Å². The molecule has 14 heavy (non-hydrogen) atoms. The van der Waals surface area contributed by atoms with Gasteiger partial charge in [-0.3, -0.25) is 0 Å². The summed E-state index contributed by atoms with van der Waals surface area (Å²) in [6.07, 6.45) is 5.25. The maximum atomic E-state index is 4.13. The van der Waals surface area contributed by atoms with Crippen LogP contribution in [0.4, 0.5) is 0 Å². The summed E-state index contributed by atoms with van der Waals surface area (Å²) in [5.41, 5.74) is 0. The molecule has 0 radical (unpaired) electrons. The van der Waals surface area contributed by atoms with Gasteiger partial charge in [0.05, 0.1) is 0 Å². The van der Waals surface area contributed by atoms with E-state index in [4.69, 9.17) is 0 Å². The molecule has 2 nitrogen and oxygen atoms in total. The number of unbranched alkanes of at least 4 members (excludes halogenated alkanes) is 3. The zero-order valence-corrected chi connectivity index (χ0v) is 10.8. The first-order valence-corrected chi connectivity index (χ1v) is 6.81. The number of nitrogens with one attached hydrogen (secondary N) is 2. The van der Waals surface area contributed by atoms with Crippen LogP contribution in [0.5, 0.6) is 0 Å². The molecule has 0 amide bonds. The Morgan fingerprint density at radius 3 is 1.36 bits per heavy atom. The van der Waals surface area contributed by atoms with Crippen LogP contribution in [0.25, 0.3) is 0 Å². The Bertz CT molecular complexity index is 90.1. The molecule has 0 aliphatic heterocycles. The first-order valence-electron chi connectivity index (χ1n) is 5.55. The van der Waals surface area contributed by atoms with Crippen LogP contribution in [0.3, 0.4) is 0 Å². The van der Waals surface area contributed by atoms with Gasteiger partial charge in [-0.25, -0.2) is 0 Å². The molecule has 2 N–H and O–H groups in total. The van der Waals surface area contributed by atoms with E-state index in [1.807, 2.05) is 0 Å². The van der Waals surface area contributed by atoms with Crippen molar-refractivity contribution in [3.63, 3.8) is 0 Å². The van der Waals surface area contributed by atoms with E-state index in [2.05, 4.69) is 35.9 Å². The molecule has 86 valence electrons. The predicted molar refractivity (Wildman–Crippen MR) is 71.9 cm³/mol. The fourth-order valence-electron chi connectivity index (χ4n) is 1.26. The highest BCUT2D eigenvalue weighted by Gasteiger charge is 1.90. The van der Waals surface area contributed by atoms with Gasteiger partial charge in [0.1, 0.15) is 0 Å². The Balaban J connectivity index is 2.78. The maximum Gasteiger partial charge on any atom is 0.00397 e. The van der Waals surface area contributed by atoms with Gasteiger partial charge in [0.25, 0.3) is 0 Å². The third-order valence-electron chi connectivity index (χ3n) is 2.03. The minimum atomic E-state index is 0.938. The van der Waals surface area contributed by atoms with Crippen molar-refractivity contribution in [1.82, 2.24) is 10.6 Å². The molecule has 0 atom stereocenters. The number of thiol groups is 2. The molecule has 0 aromatic carbocycles. The van der Waals surface area contributed by atoms with Crippen molar-refractivity contribution in [3.8, 4) is 0 Å². The molecule has 0 unspecified atom stereocenters. The minimum absolute atomic E-state index is 0.938. The van der Waals surface area contributed by atoms with Crippen LogP contribution >= 0.6 is 25.3 Å². The summed E-state index contributed by atoms with van der Waals surface area (Å²) in [5, 5.41) is 6.69. The quantitative estimate of drug-likeness (QED) is 0.323. The smallest absolute Gasteiger partial charge is 0.00397 e. The second kappa shape index (κ2) is 13.6. The summed E-state index contributed by atoms with van der Waals surface area (Å²) in [7, 11) is 0. The van der Waals surface area contributed by atoms with Crippen LogP contribution in [0.1, 0.15) is 25.7 Å².